The summed E-state index contributed by atoms with van der Waals surface area (Å²) >= 11 is 0. The number of nitrogen functional groups attached to an aromatic ring is 1. The Kier molecular flexibility index (Phi) is 3.46. The molecule has 0 atom stereocenters. The summed E-state index contributed by atoms with van der Waals surface area (Å²) in [4.78, 5) is 4.78. The maximum Gasteiger partial charge on any atom is 0.145 e. The van der Waals surface area contributed by atoms with Crippen molar-refractivity contribution in [3.8, 4) is 0 Å². The standard InChI is InChI=1S/C11H21N5/c1-15-5-3-10(4-6-15)16(2)8-9-7-11(12)14-13-9/h7,10H,3-6,8H2,1-2H3,(H3,12,13,14). The van der Waals surface area contributed by atoms with Crippen molar-refractivity contribution in [1.29, 1.82) is 0 Å². The second-order valence-electron chi connectivity index (χ2n) is 4.77. The number of nitrogens with two attached hydrogens (primary N) is 1. The molecule has 1 aliphatic rings. The molecule has 1 aliphatic heterocycles. The molecule has 2 heterocycles. The van der Waals surface area contributed by atoms with Gasteiger partial charge in [-0.15, -0.1) is 0 Å². The molecule has 1 saturated heterocycles. The van der Waals surface area contributed by atoms with Crippen LogP contribution in [0.15, 0.2) is 6.07 Å². The lowest BCUT2D eigenvalue weighted by atomic mass is 10.0. The Hall–Kier alpha value is -1.07. The third-order valence-corrected chi connectivity index (χ3v) is 3.38. The van der Waals surface area contributed by atoms with Gasteiger partial charge in [0.25, 0.3) is 0 Å². The van der Waals surface area contributed by atoms with Crippen molar-refractivity contribution >= 4 is 5.82 Å². The second kappa shape index (κ2) is 4.84. The molecular formula is C11H21N5. The predicted octanol–water partition coefficient (Wildman–Crippen LogP) is 0.518. The van der Waals surface area contributed by atoms with E-state index in [2.05, 4.69) is 34.1 Å². The van der Waals surface area contributed by atoms with Crippen LogP contribution in [0.5, 0.6) is 0 Å². The van der Waals surface area contributed by atoms with Crippen LogP contribution in [0, 0.1) is 0 Å². The number of likely N-dealkylation sites (tertiary alicyclic amines) is 1. The van der Waals surface area contributed by atoms with E-state index in [-0.39, 0.29) is 0 Å². The number of nitrogens with zero attached hydrogens (tertiary/aromatic N) is 3. The number of rotatable bonds is 3. The van der Waals surface area contributed by atoms with E-state index in [4.69, 9.17) is 5.73 Å². The normalized spacial score (nSPS) is 19.4. The van der Waals surface area contributed by atoms with Crippen molar-refractivity contribution in [2.75, 3.05) is 32.9 Å². The van der Waals surface area contributed by atoms with Crippen molar-refractivity contribution in [2.45, 2.75) is 25.4 Å². The molecule has 0 spiro atoms. The van der Waals surface area contributed by atoms with Gasteiger partial charge >= 0.3 is 0 Å². The number of hydrogen-bond acceptors (Lipinski definition) is 4. The highest BCUT2D eigenvalue weighted by Gasteiger charge is 2.20. The van der Waals surface area contributed by atoms with E-state index in [0.29, 0.717) is 11.9 Å². The minimum atomic E-state index is 0.576. The van der Waals surface area contributed by atoms with E-state index in [1.807, 2.05) is 6.07 Å². The predicted molar refractivity (Wildman–Crippen MR) is 65.0 cm³/mol. The van der Waals surface area contributed by atoms with Gasteiger partial charge in [0.05, 0.1) is 5.69 Å². The summed E-state index contributed by atoms with van der Waals surface area (Å²) < 4.78 is 0. The smallest absolute Gasteiger partial charge is 0.145 e. The van der Waals surface area contributed by atoms with E-state index in [0.717, 1.165) is 12.2 Å². The van der Waals surface area contributed by atoms with Gasteiger partial charge in [-0.05, 0) is 40.0 Å². The van der Waals surface area contributed by atoms with E-state index >= 15 is 0 Å². The number of piperidine rings is 1. The molecular weight excluding hydrogens is 202 g/mol. The molecule has 3 N–H and O–H groups in total. The van der Waals surface area contributed by atoms with Crippen molar-refractivity contribution in [3.63, 3.8) is 0 Å². The van der Waals surface area contributed by atoms with Crippen LogP contribution in [-0.2, 0) is 6.54 Å². The number of aromatic nitrogens is 2. The highest BCUT2D eigenvalue weighted by Crippen LogP contribution is 2.16. The zero-order valence-corrected chi connectivity index (χ0v) is 10.1. The van der Waals surface area contributed by atoms with E-state index in [9.17, 15) is 0 Å². The maximum absolute atomic E-state index is 5.58. The highest BCUT2D eigenvalue weighted by molar-refractivity contribution is 5.28. The molecule has 1 fully saturated rings. The van der Waals surface area contributed by atoms with Gasteiger partial charge in [-0.1, -0.05) is 0 Å². The van der Waals surface area contributed by atoms with Crippen LogP contribution >= 0.6 is 0 Å². The molecule has 0 unspecified atom stereocenters. The van der Waals surface area contributed by atoms with Crippen LogP contribution in [0.25, 0.3) is 0 Å². The summed E-state index contributed by atoms with van der Waals surface area (Å²) in [5, 5.41) is 6.90. The molecule has 16 heavy (non-hydrogen) atoms. The molecule has 2 rings (SSSR count). The van der Waals surface area contributed by atoms with Crippen molar-refractivity contribution in [1.82, 2.24) is 20.0 Å². The first-order valence-electron chi connectivity index (χ1n) is 5.83. The lowest BCUT2D eigenvalue weighted by Gasteiger charge is -2.34. The quantitative estimate of drug-likeness (QED) is 0.784. The van der Waals surface area contributed by atoms with Crippen LogP contribution in [0.1, 0.15) is 18.5 Å². The van der Waals surface area contributed by atoms with Crippen LogP contribution in [0.3, 0.4) is 0 Å². The Morgan fingerprint density at radius 2 is 2.25 bits per heavy atom. The van der Waals surface area contributed by atoms with Gasteiger partial charge in [0, 0.05) is 18.7 Å². The first-order valence-corrected chi connectivity index (χ1v) is 5.83. The topological polar surface area (TPSA) is 61.2 Å². The Morgan fingerprint density at radius 3 is 2.81 bits per heavy atom. The molecule has 0 aliphatic carbocycles. The fraction of sp³-hybridized carbons (Fsp3) is 0.727. The van der Waals surface area contributed by atoms with Gasteiger partial charge in [0.1, 0.15) is 5.82 Å². The van der Waals surface area contributed by atoms with Crippen molar-refractivity contribution in [2.24, 2.45) is 0 Å². The average molecular weight is 223 g/mol. The van der Waals surface area contributed by atoms with Crippen molar-refractivity contribution < 1.29 is 0 Å². The zero-order chi connectivity index (χ0) is 11.5. The summed E-state index contributed by atoms with van der Waals surface area (Å²) in [5.74, 6) is 0.576. The van der Waals surface area contributed by atoms with Crippen LogP contribution in [0.4, 0.5) is 5.82 Å². The fourth-order valence-corrected chi connectivity index (χ4v) is 2.29. The Balaban J connectivity index is 1.85. The van der Waals surface area contributed by atoms with E-state index < -0.39 is 0 Å². The van der Waals surface area contributed by atoms with E-state index in [1.54, 1.807) is 0 Å². The minimum absolute atomic E-state index is 0.576. The molecule has 5 heteroatoms. The lowest BCUT2D eigenvalue weighted by Crippen LogP contribution is -2.41. The summed E-state index contributed by atoms with van der Waals surface area (Å²) in [6.07, 6.45) is 2.49. The zero-order valence-electron chi connectivity index (χ0n) is 10.1. The van der Waals surface area contributed by atoms with Crippen LogP contribution in [-0.4, -0.2) is 53.2 Å². The van der Waals surface area contributed by atoms with Gasteiger partial charge < -0.3 is 10.6 Å². The molecule has 1 aromatic heterocycles. The Bertz CT molecular complexity index is 327. The number of hydrogen-bond donors (Lipinski definition) is 2. The molecule has 0 amide bonds. The average Bonchev–Trinajstić information content (AvgIpc) is 2.65. The second-order valence-corrected chi connectivity index (χ2v) is 4.77. The monoisotopic (exact) mass is 223 g/mol. The number of H-pyrrole nitrogens is 1. The molecule has 0 saturated carbocycles. The van der Waals surface area contributed by atoms with Gasteiger partial charge in [-0.3, -0.25) is 10.00 Å². The first-order chi connectivity index (χ1) is 7.65. The first kappa shape index (κ1) is 11.4. The fourth-order valence-electron chi connectivity index (χ4n) is 2.29. The van der Waals surface area contributed by atoms with Crippen LogP contribution in [0.2, 0.25) is 0 Å². The summed E-state index contributed by atoms with van der Waals surface area (Å²) in [6.45, 7) is 3.29. The summed E-state index contributed by atoms with van der Waals surface area (Å²) in [5.41, 5.74) is 6.68. The minimum Gasteiger partial charge on any atom is -0.382 e. The third-order valence-electron chi connectivity index (χ3n) is 3.38. The van der Waals surface area contributed by atoms with Crippen LogP contribution < -0.4 is 5.73 Å². The lowest BCUT2D eigenvalue weighted by molar-refractivity contribution is 0.138. The molecule has 90 valence electrons. The third kappa shape index (κ3) is 2.74. The highest BCUT2D eigenvalue weighted by atomic mass is 15.2. The molecule has 0 aromatic carbocycles. The summed E-state index contributed by atoms with van der Waals surface area (Å²) in [6, 6.07) is 2.59. The molecule has 1 aromatic rings. The SMILES string of the molecule is CN1CCC(N(C)Cc2cc(N)n[nH]2)CC1. The van der Waals surface area contributed by atoms with Gasteiger partial charge in [-0.25, -0.2) is 0 Å². The Labute approximate surface area is 96.6 Å². The maximum atomic E-state index is 5.58. The number of aromatic amines is 1. The van der Waals surface area contributed by atoms with Crippen molar-refractivity contribution in [3.05, 3.63) is 11.8 Å². The molecule has 5 nitrogen and oxygen atoms in total. The van der Waals surface area contributed by atoms with E-state index in [1.165, 1.54) is 25.9 Å². The van der Waals surface area contributed by atoms with Gasteiger partial charge in [0.2, 0.25) is 0 Å². The van der Waals surface area contributed by atoms with Gasteiger partial charge in [0.15, 0.2) is 0 Å². The summed E-state index contributed by atoms with van der Waals surface area (Å²) in [7, 11) is 4.36. The Morgan fingerprint density at radius 1 is 1.56 bits per heavy atom. The number of nitrogens with one attached hydrogen (secondary N) is 1. The molecule has 0 bridgehead atoms. The van der Waals surface area contributed by atoms with Gasteiger partial charge in [-0.2, -0.15) is 5.10 Å². The number of anilines is 1. The largest absolute Gasteiger partial charge is 0.382 e. The molecule has 0 radical (unpaired) electrons.